The van der Waals surface area contributed by atoms with Gasteiger partial charge in [-0.15, -0.1) is 0 Å². The molecule has 0 atom stereocenters. The fourth-order valence-electron chi connectivity index (χ4n) is 2.82. The van der Waals surface area contributed by atoms with E-state index in [1.165, 1.54) is 32.1 Å². The second-order valence-electron chi connectivity index (χ2n) is 5.43. The van der Waals surface area contributed by atoms with E-state index in [0.29, 0.717) is 29.0 Å². The van der Waals surface area contributed by atoms with Crippen molar-refractivity contribution in [1.29, 1.82) is 0 Å². The van der Waals surface area contributed by atoms with Gasteiger partial charge in [0.15, 0.2) is 0 Å². The lowest BCUT2D eigenvalue weighted by molar-refractivity contribution is 0.209. The SMILES string of the molecule is O=c1[nH][nH]c(=O)c2cc(OCC3CCCCC3)ccc12. The van der Waals surface area contributed by atoms with E-state index >= 15 is 0 Å². The van der Waals surface area contributed by atoms with Crippen LogP contribution in [0.4, 0.5) is 0 Å². The second kappa shape index (κ2) is 5.53. The molecule has 2 N–H and O–H groups in total. The van der Waals surface area contributed by atoms with Crippen LogP contribution in [0.2, 0.25) is 0 Å². The van der Waals surface area contributed by atoms with Gasteiger partial charge in [-0.05, 0) is 37.0 Å². The maximum atomic E-state index is 11.7. The Balaban J connectivity index is 1.80. The summed E-state index contributed by atoms with van der Waals surface area (Å²) < 4.78 is 5.78. The Hall–Kier alpha value is -2.04. The maximum absolute atomic E-state index is 11.7. The van der Waals surface area contributed by atoms with E-state index in [-0.39, 0.29) is 11.1 Å². The molecule has 1 fully saturated rings. The molecule has 0 saturated heterocycles. The molecule has 0 radical (unpaired) electrons. The van der Waals surface area contributed by atoms with Gasteiger partial charge < -0.3 is 4.74 Å². The molecule has 0 aliphatic heterocycles. The molecule has 0 bridgehead atoms. The summed E-state index contributed by atoms with van der Waals surface area (Å²) in [6.07, 6.45) is 6.31. The van der Waals surface area contributed by atoms with Crippen LogP contribution in [0.1, 0.15) is 32.1 Å². The monoisotopic (exact) mass is 274 g/mol. The third-order valence-corrected chi connectivity index (χ3v) is 3.98. The molecule has 20 heavy (non-hydrogen) atoms. The fraction of sp³-hybridized carbons (Fsp3) is 0.467. The van der Waals surface area contributed by atoms with Crippen molar-refractivity contribution < 1.29 is 4.74 Å². The highest BCUT2D eigenvalue weighted by Crippen LogP contribution is 2.25. The summed E-state index contributed by atoms with van der Waals surface area (Å²) in [4.78, 5) is 23.3. The zero-order valence-electron chi connectivity index (χ0n) is 11.3. The summed E-state index contributed by atoms with van der Waals surface area (Å²) in [7, 11) is 0. The van der Waals surface area contributed by atoms with Crippen LogP contribution in [0.25, 0.3) is 10.8 Å². The molecule has 2 aromatic rings. The van der Waals surface area contributed by atoms with Gasteiger partial charge >= 0.3 is 0 Å². The summed E-state index contributed by atoms with van der Waals surface area (Å²) >= 11 is 0. The summed E-state index contributed by atoms with van der Waals surface area (Å²) in [6, 6.07) is 5.03. The van der Waals surface area contributed by atoms with Crippen molar-refractivity contribution in [3.05, 3.63) is 38.9 Å². The van der Waals surface area contributed by atoms with Crippen molar-refractivity contribution >= 4 is 10.8 Å². The Morgan fingerprint density at radius 3 is 2.45 bits per heavy atom. The zero-order valence-corrected chi connectivity index (χ0v) is 11.3. The Morgan fingerprint density at radius 1 is 1.00 bits per heavy atom. The van der Waals surface area contributed by atoms with Crippen LogP contribution in [0.5, 0.6) is 5.75 Å². The molecular weight excluding hydrogens is 256 g/mol. The number of hydrogen-bond acceptors (Lipinski definition) is 3. The lowest BCUT2D eigenvalue weighted by Gasteiger charge is -2.21. The Morgan fingerprint density at radius 2 is 1.70 bits per heavy atom. The van der Waals surface area contributed by atoms with Crippen LogP contribution in [-0.4, -0.2) is 16.8 Å². The van der Waals surface area contributed by atoms with Gasteiger partial charge in [0.2, 0.25) is 0 Å². The minimum Gasteiger partial charge on any atom is -0.493 e. The molecule has 5 heteroatoms. The Labute approximate surface area is 116 Å². The molecule has 1 aliphatic rings. The quantitative estimate of drug-likeness (QED) is 0.900. The molecule has 0 amide bonds. The molecule has 1 aromatic carbocycles. The van der Waals surface area contributed by atoms with E-state index in [1.54, 1.807) is 18.2 Å². The molecule has 0 spiro atoms. The summed E-state index contributed by atoms with van der Waals surface area (Å²) in [5.41, 5.74) is -0.596. The first-order chi connectivity index (χ1) is 9.74. The first-order valence-electron chi connectivity index (χ1n) is 7.11. The molecule has 5 nitrogen and oxygen atoms in total. The third-order valence-electron chi connectivity index (χ3n) is 3.98. The molecule has 1 saturated carbocycles. The van der Waals surface area contributed by atoms with Gasteiger partial charge in [-0.3, -0.25) is 19.8 Å². The smallest absolute Gasteiger partial charge is 0.270 e. The minimum absolute atomic E-state index is 0.293. The number of benzene rings is 1. The van der Waals surface area contributed by atoms with Crippen molar-refractivity contribution in [2.24, 2.45) is 5.92 Å². The summed E-state index contributed by atoms with van der Waals surface area (Å²) in [5.74, 6) is 1.26. The van der Waals surface area contributed by atoms with Gasteiger partial charge in [-0.1, -0.05) is 19.3 Å². The average molecular weight is 274 g/mol. The Kier molecular flexibility index (Phi) is 3.58. The predicted molar refractivity (Wildman–Crippen MR) is 77.3 cm³/mol. The van der Waals surface area contributed by atoms with Crippen LogP contribution >= 0.6 is 0 Å². The number of aromatic nitrogens is 2. The van der Waals surface area contributed by atoms with Crippen LogP contribution in [0.15, 0.2) is 27.8 Å². The van der Waals surface area contributed by atoms with Crippen LogP contribution in [-0.2, 0) is 0 Å². The van der Waals surface area contributed by atoms with E-state index in [9.17, 15) is 9.59 Å². The van der Waals surface area contributed by atoms with Gasteiger partial charge in [-0.2, -0.15) is 0 Å². The van der Waals surface area contributed by atoms with Crippen molar-refractivity contribution in [1.82, 2.24) is 10.2 Å². The number of rotatable bonds is 3. The topological polar surface area (TPSA) is 75.0 Å². The molecule has 1 heterocycles. The van der Waals surface area contributed by atoms with Crippen LogP contribution in [0, 0.1) is 5.92 Å². The van der Waals surface area contributed by atoms with Crippen molar-refractivity contribution in [2.75, 3.05) is 6.61 Å². The first-order valence-corrected chi connectivity index (χ1v) is 7.11. The van der Waals surface area contributed by atoms with Crippen molar-refractivity contribution in [2.45, 2.75) is 32.1 Å². The third kappa shape index (κ3) is 2.61. The van der Waals surface area contributed by atoms with E-state index in [2.05, 4.69) is 10.2 Å². The fourth-order valence-corrected chi connectivity index (χ4v) is 2.82. The number of ether oxygens (including phenoxy) is 1. The van der Waals surface area contributed by atoms with Gasteiger partial charge in [0, 0.05) is 0 Å². The van der Waals surface area contributed by atoms with Gasteiger partial charge in [0.25, 0.3) is 11.1 Å². The van der Waals surface area contributed by atoms with Gasteiger partial charge in [0.05, 0.1) is 17.4 Å². The second-order valence-corrected chi connectivity index (χ2v) is 5.43. The summed E-state index contributed by atoms with van der Waals surface area (Å²) in [6.45, 7) is 0.687. The number of H-pyrrole nitrogens is 2. The Bertz CT molecular complexity index is 711. The largest absolute Gasteiger partial charge is 0.493 e. The molecular formula is C15H18N2O3. The van der Waals surface area contributed by atoms with E-state index in [4.69, 9.17) is 4.74 Å². The molecule has 1 aromatic heterocycles. The highest BCUT2D eigenvalue weighted by molar-refractivity contribution is 5.81. The van der Waals surface area contributed by atoms with Crippen molar-refractivity contribution in [3.63, 3.8) is 0 Å². The normalized spacial score (nSPS) is 16.4. The highest BCUT2D eigenvalue weighted by atomic mass is 16.5. The van der Waals surface area contributed by atoms with E-state index in [0.717, 1.165) is 0 Å². The molecule has 0 unspecified atom stereocenters. The maximum Gasteiger partial charge on any atom is 0.270 e. The number of nitrogens with one attached hydrogen (secondary N) is 2. The standard InChI is InChI=1S/C15H18N2O3/c18-14-12-7-6-11(8-13(12)15(19)17-16-14)20-9-10-4-2-1-3-5-10/h6-8,10H,1-5,9H2,(H,16,18)(H,17,19). The number of aromatic amines is 2. The molecule has 3 rings (SSSR count). The van der Waals surface area contributed by atoms with Crippen LogP contribution < -0.4 is 15.9 Å². The van der Waals surface area contributed by atoms with Crippen LogP contribution in [0.3, 0.4) is 0 Å². The average Bonchev–Trinajstić information content (AvgIpc) is 2.50. The van der Waals surface area contributed by atoms with Crippen molar-refractivity contribution in [3.8, 4) is 5.75 Å². The predicted octanol–water partition coefficient (Wildman–Crippen LogP) is 2.18. The molecule has 106 valence electrons. The first kappa shape index (κ1) is 13.0. The number of fused-ring (bicyclic) bond motifs is 1. The van der Waals surface area contributed by atoms with Gasteiger partial charge in [-0.25, -0.2) is 0 Å². The van der Waals surface area contributed by atoms with E-state index in [1.807, 2.05) is 0 Å². The lowest BCUT2D eigenvalue weighted by atomic mass is 9.90. The highest BCUT2D eigenvalue weighted by Gasteiger charge is 2.14. The minimum atomic E-state index is -0.303. The molecule has 1 aliphatic carbocycles. The lowest BCUT2D eigenvalue weighted by Crippen LogP contribution is -2.19. The van der Waals surface area contributed by atoms with Gasteiger partial charge in [0.1, 0.15) is 5.75 Å². The number of hydrogen-bond donors (Lipinski definition) is 2. The zero-order chi connectivity index (χ0) is 13.9. The van der Waals surface area contributed by atoms with E-state index < -0.39 is 0 Å². The summed E-state index contributed by atoms with van der Waals surface area (Å²) in [5, 5.41) is 5.40.